The Kier molecular flexibility index (Phi) is 10.6. The van der Waals surface area contributed by atoms with Gasteiger partial charge in [0, 0.05) is 41.2 Å². The van der Waals surface area contributed by atoms with Gasteiger partial charge >= 0.3 is 0 Å². The Labute approximate surface area is 256 Å². The summed E-state index contributed by atoms with van der Waals surface area (Å²) in [6.45, 7) is 1.76. The minimum absolute atomic E-state index is 0.0112. The first-order chi connectivity index (χ1) is 20.1. The third-order valence-corrected chi connectivity index (χ3v) is 8.66. The molecule has 1 heterocycles. The SMILES string of the molecule is CCCCNC(=O)C(Cc1ccccc1)N(Cc1c(Cl)cccc1Cl)C(=O)CN(c1ccc2c(c1)OCO2)S(C)(=O)=O. The second kappa shape index (κ2) is 14.1. The highest BCUT2D eigenvalue weighted by atomic mass is 35.5. The van der Waals surface area contributed by atoms with E-state index < -0.39 is 28.5 Å². The minimum atomic E-state index is -3.94. The highest BCUT2D eigenvalue weighted by molar-refractivity contribution is 7.92. The van der Waals surface area contributed by atoms with Crippen LogP contribution in [0, 0.1) is 0 Å². The zero-order chi connectivity index (χ0) is 30.3. The molecule has 1 unspecified atom stereocenters. The number of hydrogen-bond acceptors (Lipinski definition) is 6. The predicted molar refractivity (Wildman–Crippen MR) is 164 cm³/mol. The van der Waals surface area contributed by atoms with Crippen molar-refractivity contribution in [3.05, 3.63) is 87.9 Å². The van der Waals surface area contributed by atoms with Crippen LogP contribution < -0.4 is 19.1 Å². The number of nitrogens with zero attached hydrogens (tertiary/aromatic N) is 2. The standard InChI is InChI=1S/C30H33Cl2N3O6S/c1-3-4-15-33-30(37)26(16-21-9-6-5-7-10-21)34(18-23-24(31)11-8-12-25(23)32)29(36)19-35(42(2,38)39)22-13-14-27-28(17-22)41-20-40-27/h5-14,17,26H,3-4,15-16,18-20H2,1-2H3,(H,33,37). The topological polar surface area (TPSA) is 105 Å². The summed E-state index contributed by atoms with van der Waals surface area (Å²) >= 11 is 13.0. The largest absolute Gasteiger partial charge is 0.454 e. The molecule has 42 heavy (non-hydrogen) atoms. The molecule has 0 aromatic heterocycles. The Bertz CT molecular complexity index is 1500. The molecule has 0 aliphatic carbocycles. The average molecular weight is 635 g/mol. The van der Waals surface area contributed by atoms with Crippen LogP contribution in [0.4, 0.5) is 5.69 Å². The highest BCUT2D eigenvalue weighted by Crippen LogP contribution is 2.36. The van der Waals surface area contributed by atoms with E-state index in [4.69, 9.17) is 32.7 Å². The van der Waals surface area contributed by atoms with Crippen LogP contribution in [0.2, 0.25) is 10.0 Å². The van der Waals surface area contributed by atoms with Crippen LogP contribution in [0.3, 0.4) is 0 Å². The Morgan fingerprint density at radius 1 is 0.976 bits per heavy atom. The Hall–Kier alpha value is -3.47. The van der Waals surface area contributed by atoms with Crippen molar-refractivity contribution in [2.75, 3.05) is 30.4 Å². The third-order valence-electron chi connectivity index (χ3n) is 6.81. The van der Waals surface area contributed by atoms with Crippen molar-refractivity contribution in [1.29, 1.82) is 0 Å². The molecule has 2 amide bonds. The summed E-state index contributed by atoms with van der Waals surface area (Å²) in [6, 6.07) is 17.9. The van der Waals surface area contributed by atoms with E-state index in [0.717, 1.165) is 29.0 Å². The van der Waals surface area contributed by atoms with Gasteiger partial charge in [-0.25, -0.2) is 8.42 Å². The van der Waals surface area contributed by atoms with Gasteiger partial charge in [-0.1, -0.05) is 72.9 Å². The van der Waals surface area contributed by atoms with Gasteiger partial charge < -0.3 is 19.7 Å². The zero-order valence-electron chi connectivity index (χ0n) is 23.4. The van der Waals surface area contributed by atoms with Crippen molar-refractivity contribution in [2.45, 2.75) is 38.8 Å². The highest BCUT2D eigenvalue weighted by Gasteiger charge is 2.34. The summed E-state index contributed by atoms with van der Waals surface area (Å²) in [5.74, 6) is -0.135. The molecule has 0 saturated carbocycles. The Morgan fingerprint density at radius 2 is 1.67 bits per heavy atom. The molecule has 0 bridgehead atoms. The Balaban J connectivity index is 1.74. The van der Waals surface area contributed by atoms with Crippen molar-refractivity contribution >= 4 is 50.7 Å². The molecule has 0 spiro atoms. The van der Waals surface area contributed by atoms with E-state index in [1.54, 1.807) is 24.3 Å². The van der Waals surface area contributed by atoms with Gasteiger partial charge in [0.1, 0.15) is 12.6 Å². The van der Waals surface area contributed by atoms with Gasteiger partial charge in [-0.15, -0.1) is 0 Å². The van der Waals surface area contributed by atoms with E-state index >= 15 is 0 Å². The van der Waals surface area contributed by atoms with Crippen LogP contribution in [0.15, 0.2) is 66.7 Å². The number of carbonyl (C=O) groups excluding carboxylic acids is 2. The van der Waals surface area contributed by atoms with Gasteiger partial charge in [0.25, 0.3) is 0 Å². The van der Waals surface area contributed by atoms with Gasteiger partial charge in [-0.05, 0) is 36.2 Å². The maximum atomic E-state index is 14.2. The number of amides is 2. The summed E-state index contributed by atoms with van der Waals surface area (Å²) < 4.78 is 37.7. The zero-order valence-corrected chi connectivity index (χ0v) is 25.7. The maximum Gasteiger partial charge on any atom is 0.244 e. The summed E-state index contributed by atoms with van der Waals surface area (Å²) in [6.07, 6.45) is 2.84. The summed E-state index contributed by atoms with van der Waals surface area (Å²) in [5, 5.41) is 3.58. The van der Waals surface area contributed by atoms with E-state index in [9.17, 15) is 18.0 Å². The van der Waals surface area contributed by atoms with E-state index in [2.05, 4.69) is 5.32 Å². The monoisotopic (exact) mass is 633 g/mol. The second-order valence-electron chi connectivity index (χ2n) is 9.88. The number of sulfonamides is 1. The predicted octanol–water partition coefficient (Wildman–Crippen LogP) is 5.04. The molecule has 0 fully saturated rings. The Morgan fingerprint density at radius 3 is 2.33 bits per heavy atom. The maximum absolute atomic E-state index is 14.2. The van der Waals surface area contributed by atoms with E-state index in [1.807, 2.05) is 37.3 Å². The van der Waals surface area contributed by atoms with Gasteiger partial charge in [0.15, 0.2) is 11.5 Å². The fourth-order valence-corrected chi connectivity index (χ4v) is 5.93. The number of halogens is 2. The normalized spacial score (nSPS) is 13.0. The van der Waals surface area contributed by atoms with Crippen molar-refractivity contribution in [3.63, 3.8) is 0 Å². The van der Waals surface area contributed by atoms with Gasteiger partial charge in [-0.2, -0.15) is 0 Å². The molecule has 3 aromatic rings. The molecule has 0 saturated heterocycles. The number of unbranched alkanes of at least 4 members (excludes halogenated alkanes) is 1. The number of carbonyl (C=O) groups is 2. The van der Waals surface area contributed by atoms with Gasteiger partial charge in [0.2, 0.25) is 28.6 Å². The fraction of sp³-hybridized carbons (Fsp3) is 0.333. The van der Waals surface area contributed by atoms with Crippen LogP contribution in [0.25, 0.3) is 0 Å². The second-order valence-corrected chi connectivity index (χ2v) is 12.6. The molecule has 1 aliphatic heterocycles. The molecule has 3 aromatic carbocycles. The molecule has 1 atom stereocenters. The number of anilines is 1. The van der Waals surface area contributed by atoms with Crippen LogP contribution in [-0.2, 0) is 32.6 Å². The van der Waals surface area contributed by atoms with Crippen molar-refractivity contribution in [3.8, 4) is 11.5 Å². The lowest BCUT2D eigenvalue weighted by molar-refractivity contribution is -0.140. The molecular formula is C30H33Cl2N3O6S. The number of nitrogens with one attached hydrogen (secondary N) is 1. The van der Waals surface area contributed by atoms with Crippen molar-refractivity contribution in [2.24, 2.45) is 0 Å². The van der Waals surface area contributed by atoms with Gasteiger partial charge in [-0.3, -0.25) is 13.9 Å². The molecule has 9 nitrogen and oxygen atoms in total. The fourth-order valence-electron chi connectivity index (χ4n) is 4.57. The molecule has 224 valence electrons. The number of rotatable bonds is 13. The summed E-state index contributed by atoms with van der Waals surface area (Å²) in [7, 11) is -3.94. The summed E-state index contributed by atoms with van der Waals surface area (Å²) in [5.41, 5.74) is 1.49. The lowest BCUT2D eigenvalue weighted by atomic mass is 10.0. The molecule has 1 aliphatic rings. The first kappa shape index (κ1) is 31.5. The smallest absolute Gasteiger partial charge is 0.244 e. The first-order valence-corrected chi connectivity index (χ1v) is 16.1. The molecule has 4 rings (SSSR count). The quantitative estimate of drug-likeness (QED) is 0.264. The molecule has 0 radical (unpaired) electrons. The van der Waals surface area contributed by atoms with E-state index in [-0.39, 0.29) is 31.4 Å². The molecular weight excluding hydrogens is 601 g/mol. The number of benzene rings is 3. The number of ether oxygens (including phenoxy) is 2. The van der Waals surface area contributed by atoms with Crippen molar-refractivity contribution < 1.29 is 27.5 Å². The molecule has 1 N–H and O–H groups in total. The van der Waals surface area contributed by atoms with Crippen LogP contribution >= 0.6 is 23.2 Å². The number of fused-ring (bicyclic) bond motifs is 1. The van der Waals surface area contributed by atoms with Gasteiger partial charge in [0.05, 0.1) is 11.9 Å². The van der Waals surface area contributed by atoms with Crippen LogP contribution in [0.1, 0.15) is 30.9 Å². The molecule has 12 heteroatoms. The lowest BCUT2D eigenvalue weighted by Crippen LogP contribution is -2.53. The lowest BCUT2D eigenvalue weighted by Gasteiger charge is -2.34. The van der Waals surface area contributed by atoms with Crippen molar-refractivity contribution in [1.82, 2.24) is 10.2 Å². The minimum Gasteiger partial charge on any atom is -0.454 e. The third kappa shape index (κ3) is 7.87. The first-order valence-electron chi connectivity index (χ1n) is 13.5. The van der Waals surface area contributed by atoms with E-state index in [0.29, 0.717) is 33.7 Å². The summed E-state index contributed by atoms with van der Waals surface area (Å²) in [4.78, 5) is 29.2. The van der Waals surface area contributed by atoms with Crippen LogP contribution in [-0.4, -0.2) is 57.3 Å². The van der Waals surface area contributed by atoms with Crippen LogP contribution in [0.5, 0.6) is 11.5 Å². The van der Waals surface area contributed by atoms with E-state index in [1.165, 1.54) is 17.0 Å². The number of hydrogen-bond donors (Lipinski definition) is 1. The average Bonchev–Trinajstić information content (AvgIpc) is 3.43.